The Bertz CT molecular complexity index is 1420. The predicted octanol–water partition coefficient (Wildman–Crippen LogP) is 2.92. The van der Waals surface area contributed by atoms with Gasteiger partial charge in [0.15, 0.2) is 0 Å². The van der Waals surface area contributed by atoms with Gasteiger partial charge in [0.2, 0.25) is 6.17 Å². The van der Waals surface area contributed by atoms with Crippen LogP contribution in [0.4, 0.5) is 16.2 Å². The first-order valence-corrected chi connectivity index (χ1v) is 12.0. The van der Waals surface area contributed by atoms with Gasteiger partial charge in [-0.05, 0) is 36.1 Å². The molecular formula is C28H27N5O4. The molecular weight excluding hydrogens is 470 g/mol. The number of amides is 3. The van der Waals surface area contributed by atoms with Crippen LogP contribution in [0, 0.1) is 0 Å². The zero-order valence-corrected chi connectivity index (χ0v) is 20.3. The molecule has 2 atom stereocenters. The Morgan fingerprint density at radius 2 is 1.78 bits per heavy atom. The number of nitrogens with one attached hydrogen (secondary N) is 2. The van der Waals surface area contributed by atoms with E-state index in [0.29, 0.717) is 23.5 Å². The number of likely N-dealkylation sites (N-methyl/N-ethyl adjacent to an activating group) is 1. The first kappa shape index (κ1) is 24.2. The second kappa shape index (κ2) is 9.51. The van der Waals surface area contributed by atoms with Crippen molar-refractivity contribution in [2.75, 3.05) is 17.3 Å². The van der Waals surface area contributed by atoms with Crippen LogP contribution in [0.2, 0.25) is 0 Å². The lowest BCUT2D eigenvalue weighted by Gasteiger charge is -2.32. The lowest BCUT2D eigenvalue weighted by atomic mass is 9.78. The number of nitrogens with two attached hydrogens (primary N) is 1. The van der Waals surface area contributed by atoms with Crippen LogP contribution >= 0.6 is 0 Å². The van der Waals surface area contributed by atoms with Gasteiger partial charge < -0.3 is 26.4 Å². The molecule has 0 aromatic heterocycles. The molecule has 0 fully saturated rings. The molecule has 3 aromatic rings. The van der Waals surface area contributed by atoms with Crippen molar-refractivity contribution in [3.8, 4) is 0 Å². The van der Waals surface area contributed by atoms with Gasteiger partial charge in [0.05, 0.1) is 11.4 Å². The Kier molecular flexibility index (Phi) is 6.22. The minimum absolute atomic E-state index is 0.170. The van der Waals surface area contributed by atoms with Crippen molar-refractivity contribution in [3.05, 3.63) is 95.1 Å². The fourth-order valence-corrected chi connectivity index (χ4v) is 4.90. The maximum Gasteiger partial charge on any atom is 0.324 e. The average molecular weight is 498 g/mol. The average Bonchev–Trinajstić information content (AvgIpc) is 3.00. The van der Waals surface area contributed by atoms with Crippen molar-refractivity contribution in [3.63, 3.8) is 0 Å². The lowest BCUT2D eigenvalue weighted by molar-refractivity contribution is -0.143. The normalized spacial score (nSPS) is 20.7. The number of aliphatic carboxylic acids is 1. The van der Waals surface area contributed by atoms with Crippen molar-refractivity contribution in [1.29, 1.82) is 0 Å². The Balaban J connectivity index is 1.43. The number of urea groups is 1. The summed E-state index contributed by atoms with van der Waals surface area (Å²) in [6, 6.07) is 21.7. The summed E-state index contributed by atoms with van der Waals surface area (Å²) >= 11 is 0. The van der Waals surface area contributed by atoms with E-state index < -0.39 is 23.7 Å². The topological polar surface area (TPSA) is 137 Å². The van der Waals surface area contributed by atoms with Crippen LogP contribution in [0.15, 0.2) is 77.8 Å². The highest BCUT2D eigenvalue weighted by Crippen LogP contribution is 2.32. The van der Waals surface area contributed by atoms with Crippen molar-refractivity contribution < 1.29 is 19.5 Å². The maximum atomic E-state index is 13.3. The Labute approximate surface area is 214 Å². The Morgan fingerprint density at radius 3 is 2.54 bits per heavy atom. The van der Waals surface area contributed by atoms with Gasteiger partial charge in [-0.15, -0.1) is 0 Å². The summed E-state index contributed by atoms with van der Waals surface area (Å²) in [5, 5.41) is 15.0. The number of para-hydroxylation sites is 1. The number of benzodiazepines with no additional fused rings is 1. The number of nitrogens with zero attached hydrogens (tertiary/aromatic N) is 2. The third-order valence-electron chi connectivity index (χ3n) is 6.93. The predicted molar refractivity (Wildman–Crippen MR) is 141 cm³/mol. The number of aliphatic imine (C=N–C) groups is 1. The summed E-state index contributed by atoms with van der Waals surface area (Å²) in [5.74, 6) is -1.42. The number of carboxylic acids is 1. The molecule has 5 rings (SSSR count). The van der Waals surface area contributed by atoms with Crippen molar-refractivity contribution in [2.45, 2.75) is 31.0 Å². The number of carbonyl (C=O) groups excluding carboxylic acids is 2. The largest absolute Gasteiger partial charge is 0.480 e. The van der Waals surface area contributed by atoms with Crippen LogP contribution in [0.1, 0.15) is 28.7 Å². The number of anilines is 2. The zero-order valence-electron chi connectivity index (χ0n) is 20.3. The van der Waals surface area contributed by atoms with Gasteiger partial charge in [-0.2, -0.15) is 0 Å². The fourth-order valence-electron chi connectivity index (χ4n) is 4.90. The molecule has 0 saturated heterocycles. The number of hydrogen-bond acceptors (Lipinski definition) is 5. The SMILES string of the molecule is CN1C(=O)C(NC(=O)Nc2cccc3c2CCC(N)(C(=O)O)C3)N=C(c2ccccc2)c2ccccc21. The van der Waals surface area contributed by atoms with E-state index in [1.807, 2.05) is 60.7 Å². The third kappa shape index (κ3) is 4.56. The van der Waals surface area contributed by atoms with Gasteiger partial charge in [0.1, 0.15) is 5.54 Å². The molecule has 9 nitrogen and oxygen atoms in total. The van der Waals surface area contributed by atoms with E-state index in [2.05, 4.69) is 10.6 Å². The molecule has 3 amide bonds. The second-order valence-corrected chi connectivity index (χ2v) is 9.34. The molecule has 3 aromatic carbocycles. The number of carboxylic acid groups (broad SMARTS) is 1. The van der Waals surface area contributed by atoms with E-state index in [1.165, 1.54) is 4.90 Å². The van der Waals surface area contributed by atoms with Gasteiger partial charge in [-0.3, -0.25) is 9.59 Å². The first-order chi connectivity index (χ1) is 17.8. The molecule has 9 heteroatoms. The highest BCUT2D eigenvalue weighted by molar-refractivity contribution is 6.20. The van der Waals surface area contributed by atoms with Crippen LogP contribution in [0.5, 0.6) is 0 Å². The van der Waals surface area contributed by atoms with Gasteiger partial charge in [0, 0.05) is 30.3 Å². The monoisotopic (exact) mass is 497 g/mol. The van der Waals surface area contributed by atoms with Crippen molar-refractivity contribution >= 4 is 35.0 Å². The number of carbonyl (C=O) groups is 3. The number of rotatable bonds is 4. The molecule has 0 saturated carbocycles. The number of hydrogen-bond donors (Lipinski definition) is 4. The lowest BCUT2D eigenvalue weighted by Crippen LogP contribution is -2.52. The van der Waals surface area contributed by atoms with E-state index in [1.54, 1.807) is 19.2 Å². The molecule has 0 radical (unpaired) electrons. The fraction of sp³-hybridized carbons (Fsp3) is 0.214. The summed E-state index contributed by atoms with van der Waals surface area (Å²) in [6.45, 7) is 0. The molecule has 188 valence electrons. The van der Waals surface area contributed by atoms with E-state index in [-0.39, 0.29) is 18.7 Å². The van der Waals surface area contributed by atoms with Crippen LogP contribution in [-0.2, 0) is 22.4 Å². The van der Waals surface area contributed by atoms with E-state index in [4.69, 9.17) is 10.7 Å². The molecule has 1 heterocycles. The molecule has 0 bridgehead atoms. The van der Waals surface area contributed by atoms with E-state index in [9.17, 15) is 19.5 Å². The molecule has 2 unspecified atom stereocenters. The smallest absolute Gasteiger partial charge is 0.324 e. The first-order valence-electron chi connectivity index (χ1n) is 12.0. The van der Waals surface area contributed by atoms with Gasteiger partial charge in [-0.25, -0.2) is 9.79 Å². The molecule has 5 N–H and O–H groups in total. The highest BCUT2D eigenvalue weighted by atomic mass is 16.4. The minimum atomic E-state index is -1.33. The minimum Gasteiger partial charge on any atom is -0.480 e. The van der Waals surface area contributed by atoms with Gasteiger partial charge in [0.25, 0.3) is 5.91 Å². The van der Waals surface area contributed by atoms with Gasteiger partial charge in [-0.1, -0.05) is 60.7 Å². The van der Waals surface area contributed by atoms with Gasteiger partial charge >= 0.3 is 12.0 Å². The number of benzene rings is 3. The van der Waals surface area contributed by atoms with Crippen molar-refractivity contribution in [1.82, 2.24) is 5.32 Å². The molecule has 1 aliphatic carbocycles. The van der Waals surface area contributed by atoms with Crippen LogP contribution in [0.3, 0.4) is 0 Å². The Morgan fingerprint density at radius 1 is 1.05 bits per heavy atom. The van der Waals surface area contributed by atoms with Crippen LogP contribution in [0.25, 0.3) is 0 Å². The molecule has 37 heavy (non-hydrogen) atoms. The van der Waals surface area contributed by atoms with E-state index >= 15 is 0 Å². The van der Waals surface area contributed by atoms with Crippen LogP contribution < -0.4 is 21.3 Å². The van der Waals surface area contributed by atoms with E-state index in [0.717, 1.165) is 22.3 Å². The quantitative estimate of drug-likeness (QED) is 0.439. The maximum absolute atomic E-state index is 13.3. The summed E-state index contributed by atoms with van der Waals surface area (Å²) in [4.78, 5) is 44.3. The molecule has 2 aliphatic rings. The van der Waals surface area contributed by atoms with Crippen LogP contribution in [-0.4, -0.2) is 47.5 Å². The molecule has 0 spiro atoms. The summed E-state index contributed by atoms with van der Waals surface area (Å²) in [6.07, 6.45) is -0.324. The van der Waals surface area contributed by atoms with Crippen molar-refractivity contribution in [2.24, 2.45) is 10.7 Å². The second-order valence-electron chi connectivity index (χ2n) is 9.34. The standard InChI is InChI=1S/C28H27N5O4/c1-33-22-13-6-5-11-20(22)23(17-8-3-2-4-9-17)31-24(25(33)34)32-27(37)30-21-12-7-10-18-16-28(29,26(35)36)15-14-19(18)21/h2-13,24H,14-16,29H2,1H3,(H,35,36)(H2,30,32,37). The number of fused-ring (bicyclic) bond motifs is 2. The summed E-state index contributed by atoms with van der Waals surface area (Å²) in [7, 11) is 1.66. The summed E-state index contributed by atoms with van der Waals surface area (Å²) < 4.78 is 0. The molecule has 1 aliphatic heterocycles. The Hall–Kier alpha value is -4.50. The third-order valence-corrected chi connectivity index (χ3v) is 6.93. The highest BCUT2D eigenvalue weighted by Gasteiger charge is 2.38. The zero-order chi connectivity index (χ0) is 26.2. The summed E-state index contributed by atoms with van der Waals surface area (Å²) in [5.41, 5.74) is 9.82.